The van der Waals surface area contributed by atoms with Crippen LogP contribution in [0.2, 0.25) is 0 Å². The van der Waals surface area contributed by atoms with E-state index in [9.17, 15) is 13.2 Å². The fourth-order valence-corrected chi connectivity index (χ4v) is 3.29. The molecule has 2 aromatic rings. The summed E-state index contributed by atoms with van der Waals surface area (Å²) >= 11 is 1.49. The highest BCUT2D eigenvalue weighted by Crippen LogP contribution is 2.30. The van der Waals surface area contributed by atoms with Crippen molar-refractivity contribution in [2.24, 2.45) is 0 Å². The molecule has 0 spiro atoms. The van der Waals surface area contributed by atoms with Crippen molar-refractivity contribution in [2.45, 2.75) is 30.4 Å². The Hall–Kier alpha value is -1.64. The van der Waals surface area contributed by atoms with Gasteiger partial charge in [-0.15, -0.1) is 0 Å². The van der Waals surface area contributed by atoms with Gasteiger partial charge in [-0.25, -0.2) is 9.97 Å². The Labute approximate surface area is 154 Å². The number of nitrogens with zero attached hydrogens (tertiary/aromatic N) is 3. The number of morpholine rings is 1. The summed E-state index contributed by atoms with van der Waals surface area (Å²) in [6.45, 7) is 2.72. The first-order valence-corrected chi connectivity index (χ1v) is 9.51. The Balaban J connectivity index is 1.59. The highest BCUT2D eigenvalue weighted by atomic mass is 32.2. The Morgan fingerprint density at radius 2 is 2.00 bits per heavy atom. The Morgan fingerprint density at radius 1 is 1.23 bits per heavy atom. The topological polar surface area (TPSA) is 38.2 Å². The minimum absolute atomic E-state index is 0.126. The second-order valence-corrected chi connectivity index (χ2v) is 6.98. The van der Waals surface area contributed by atoms with Gasteiger partial charge in [0.05, 0.1) is 18.3 Å². The predicted molar refractivity (Wildman–Crippen MR) is 94.0 cm³/mol. The Bertz CT molecular complexity index is 724. The van der Waals surface area contributed by atoms with Crippen LogP contribution in [0.15, 0.2) is 41.8 Å². The molecule has 26 heavy (non-hydrogen) atoms. The largest absolute Gasteiger partial charge is 0.416 e. The van der Waals surface area contributed by atoms with Crippen LogP contribution in [0.5, 0.6) is 0 Å². The summed E-state index contributed by atoms with van der Waals surface area (Å²) in [7, 11) is 0. The van der Waals surface area contributed by atoms with Gasteiger partial charge >= 0.3 is 6.18 Å². The summed E-state index contributed by atoms with van der Waals surface area (Å²) in [6.07, 6.45) is 1.57. The molecule has 4 nitrogen and oxygen atoms in total. The molecule has 0 amide bonds. The zero-order valence-electron chi connectivity index (χ0n) is 14.4. The van der Waals surface area contributed by atoms with Crippen molar-refractivity contribution in [1.82, 2.24) is 14.9 Å². The van der Waals surface area contributed by atoms with Gasteiger partial charge in [-0.1, -0.05) is 30.0 Å². The quantitative estimate of drug-likeness (QED) is 0.582. The fraction of sp³-hybridized carbons (Fsp3) is 0.444. The number of benzene rings is 1. The molecule has 1 aromatic heterocycles. The zero-order chi connectivity index (χ0) is 18.6. The predicted octanol–water partition coefficient (Wildman–Crippen LogP) is 3.66. The molecule has 1 aromatic carbocycles. The molecular weight excluding hydrogens is 363 g/mol. The van der Waals surface area contributed by atoms with Gasteiger partial charge in [0.25, 0.3) is 0 Å². The molecule has 0 radical (unpaired) electrons. The number of hydrogen-bond acceptors (Lipinski definition) is 5. The standard InChI is InChI=1S/C18H20F3N3OS/c1-26-17-22-9-14(10-23-17)11-24-5-6-25-16(12-24)8-13-3-2-4-15(7-13)18(19,20)21/h2-4,7,9-10,16H,5-6,8,11-12H2,1H3/t16-/m1/s1. The lowest BCUT2D eigenvalue weighted by Gasteiger charge is -2.33. The van der Waals surface area contributed by atoms with Gasteiger partial charge in [0.2, 0.25) is 0 Å². The van der Waals surface area contributed by atoms with Gasteiger partial charge in [-0.2, -0.15) is 13.2 Å². The van der Waals surface area contributed by atoms with Gasteiger partial charge in [0, 0.05) is 37.6 Å². The van der Waals surface area contributed by atoms with Crippen LogP contribution >= 0.6 is 11.8 Å². The summed E-state index contributed by atoms with van der Waals surface area (Å²) in [6, 6.07) is 5.46. The summed E-state index contributed by atoms with van der Waals surface area (Å²) in [5.74, 6) is 0. The number of thioether (sulfide) groups is 1. The van der Waals surface area contributed by atoms with Gasteiger partial charge in [-0.3, -0.25) is 4.90 Å². The van der Waals surface area contributed by atoms with Crippen molar-refractivity contribution in [2.75, 3.05) is 26.0 Å². The molecule has 1 aliphatic rings. The van der Waals surface area contributed by atoms with Crippen molar-refractivity contribution >= 4 is 11.8 Å². The van der Waals surface area contributed by atoms with Crippen molar-refractivity contribution in [3.63, 3.8) is 0 Å². The van der Waals surface area contributed by atoms with Crippen LogP contribution in [0, 0.1) is 0 Å². The molecule has 1 saturated heterocycles. The van der Waals surface area contributed by atoms with E-state index in [1.165, 1.54) is 23.9 Å². The van der Waals surface area contributed by atoms with E-state index in [0.29, 0.717) is 31.7 Å². The molecule has 0 aliphatic carbocycles. The van der Waals surface area contributed by atoms with E-state index in [-0.39, 0.29) is 6.10 Å². The SMILES string of the molecule is CSc1ncc(CN2CCO[C@H](Cc3cccc(C(F)(F)F)c3)C2)cn1. The first-order valence-electron chi connectivity index (χ1n) is 8.29. The molecule has 1 aliphatic heterocycles. The van der Waals surface area contributed by atoms with Crippen LogP contribution in [0.1, 0.15) is 16.7 Å². The van der Waals surface area contributed by atoms with E-state index >= 15 is 0 Å². The lowest BCUT2D eigenvalue weighted by Crippen LogP contribution is -2.42. The van der Waals surface area contributed by atoms with Gasteiger partial charge in [0.15, 0.2) is 5.16 Å². The number of hydrogen-bond donors (Lipinski definition) is 0. The van der Waals surface area contributed by atoms with Gasteiger partial charge in [-0.05, 0) is 24.3 Å². The lowest BCUT2D eigenvalue weighted by molar-refractivity contribution is -0.137. The summed E-state index contributed by atoms with van der Waals surface area (Å²) < 4.78 is 44.3. The maximum atomic E-state index is 12.9. The third-order valence-electron chi connectivity index (χ3n) is 4.21. The van der Waals surface area contributed by atoms with Crippen LogP contribution in [0.3, 0.4) is 0 Å². The molecular formula is C18H20F3N3OS. The third kappa shape index (κ3) is 5.18. The van der Waals surface area contributed by atoms with Crippen molar-refractivity contribution in [3.05, 3.63) is 53.3 Å². The zero-order valence-corrected chi connectivity index (χ0v) is 15.2. The Morgan fingerprint density at radius 3 is 2.69 bits per heavy atom. The van der Waals surface area contributed by atoms with Gasteiger partial charge < -0.3 is 4.74 Å². The van der Waals surface area contributed by atoms with Crippen molar-refractivity contribution in [3.8, 4) is 0 Å². The highest BCUT2D eigenvalue weighted by molar-refractivity contribution is 7.98. The third-order valence-corrected chi connectivity index (χ3v) is 4.79. The highest BCUT2D eigenvalue weighted by Gasteiger charge is 2.30. The number of aromatic nitrogens is 2. The number of alkyl halides is 3. The monoisotopic (exact) mass is 383 g/mol. The number of ether oxygens (including phenoxy) is 1. The first-order chi connectivity index (χ1) is 12.4. The minimum atomic E-state index is -4.32. The van der Waals surface area contributed by atoms with Crippen LogP contribution in [0.4, 0.5) is 13.2 Å². The minimum Gasteiger partial charge on any atom is -0.375 e. The average Bonchev–Trinajstić information content (AvgIpc) is 2.62. The first kappa shape index (κ1) is 19.1. The second kappa shape index (κ2) is 8.37. The van der Waals surface area contributed by atoms with Crippen molar-refractivity contribution in [1.29, 1.82) is 0 Å². The molecule has 3 rings (SSSR count). The Kier molecular flexibility index (Phi) is 6.16. The van der Waals surface area contributed by atoms with E-state index in [4.69, 9.17) is 4.74 Å². The maximum Gasteiger partial charge on any atom is 0.416 e. The molecule has 1 fully saturated rings. The van der Waals surface area contributed by atoms with E-state index in [1.54, 1.807) is 6.07 Å². The molecule has 140 valence electrons. The van der Waals surface area contributed by atoms with Gasteiger partial charge in [0.1, 0.15) is 0 Å². The lowest BCUT2D eigenvalue weighted by atomic mass is 10.0. The number of halogens is 3. The van der Waals surface area contributed by atoms with Crippen LogP contribution in [-0.4, -0.2) is 46.9 Å². The molecule has 8 heteroatoms. The van der Waals surface area contributed by atoms with E-state index < -0.39 is 11.7 Å². The summed E-state index contributed by atoms with van der Waals surface area (Å²) in [5.41, 5.74) is 1.04. The maximum absolute atomic E-state index is 12.9. The molecule has 0 N–H and O–H groups in total. The second-order valence-electron chi connectivity index (χ2n) is 6.21. The molecule has 1 atom stereocenters. The van der Waals surface area contributed by atoms with E-state index in [1.807, 2.05) is 18.6 Å². The average molecular weight is 383 g/mol. The molecule has 2 heterocycles. The number of rotatable bonds is 5. The molecule has 0 bridgehead atoms. The van der Waals surface area contributed by atoms with E-state index in [2.05, 4.69) is 14.9 Å². The molecule has 0 unspecified atom stereocenters. The van der Waals surface area contributed by atoms with Crippen LogP contribution in [0.25, 0.3) is 0 Å². The van der Waals surface area contributed by atoms with Crippen LogP contribution in [-0.2, 0) is 23.9 Å². The smallest absolute Gasteiger partial charge is 0.375 e. The summed E-state index contributed by atoms with van der Waals surface area (Å²) in [4.78, 5) is 10.8. The van der Waals surface area contributed by atoms with E-state index in [0.717, 1.165) is 23.3 Å². The summed E-state index contributed by atoms with van der Waals surface area (Å²) in [5, 5.41) is 0.734. The normalized spacial score (nSPS) is 18.8. The fourth-order valence-electron chi connectivity index (χ4n) is 2.97. The molecule has 0 saturated carbocycles. The van der Waals surface area contributed by atoms with Crippen LogP contribution < -0.4 is 0 Å². The van der Waals surface area contributed by atoms with Crippen molar-refractivity contribution < 1.29 is 17.9 Å².